The summed E-state index contributed by atoms with van der Waals surface area (Å²) in [7, 11) is 0. The minimum atomic E-state index is -2.02. The summed E-state index contributed by atoms with van der Waals surface area (Å²) in [6, 6.07) is 6.70. The smallest absolute Gasteiger partial charge is 0.338 e. The maximum Gasteiger partial charge on any atom is 0.338 e. The van der Waals surface area contributed by atoms with Crippen molar-refractivity contribution in [2.75, 3.05) is 6.61 Å². The Morgan fingerprint density at radius 1 is 0.773 bits per heavy atom. The molecule has 0 aliphatic carbocycles. The molecular formula is C28H24O16. The Morgan fingerprint density at radius 2 is 1.45 bits per heavy atom. The van der Waals surface area contributed by atoms with Gasteiger partial charge in [0.2, 0.25) is 17.5 Å². The molecule has 232 valence electrons. The Hall–Kier alpha value is -5.42. The monoisotopic (exact) mass is 616 g/mol. The average molecular weight is 616 g/mol. The number of aliphatic hydroxyl groups excluding tert-OH is 3. The van der Waals surface area contributed by atoms with E-state index in [1.54, 1.807) is 0 Å². The Morgan fingerprint density at radius 3 is 2.11 bits per heavy atom. The van der Waals surface area contributed by atoms with Crippen LogP contribution < -0.4 is 10.2 Å². The average Bonchev–Trinajstić information content (AvgIpc) is 2.97. The van der Waals surface area contributed by atoms with E-state index in [2.05, 4.69) is 0 Å². The maximum absolute atomic E-state index is 13.5. The zero-order valence-corrected chi connectivity index (χ0v) is 22.1. The molecule has 44 heavy (non-hydrogen) atoms. The van der Waals surface area contributed by atoms with Crippen LogP contribution in [0, 0.1) is 0 Å². The molecule has 0 bridgehead atoms. The second kappa shape index (κ2) is 11.3. The van der Waals surface area contributed by atoms with E-state index in [1.807, 2.05) is 0 Å². The van der Waals surface area contributed by atoms with Gasteiger partial charge in [-0.3, -0.25) is 4.79 Å². The summed E-state index contributed by atoms with van der Waals surface area (Å²) in [5.74, 6) is -7.19. The highest BCUT2D eigenvalue weighted by Gasteiger charge is 2.46. The SMILES string of the molecule is O=C(OC[C@@H]1O[C@H](Oc2c(-c3ccc(O)c(O)c3)oc3cc(O)cc(O)c3c2=O)[C@H](O)[C@@H](O)[C@@H]1O)c1cc(O)c(O)c(O)c1. The number of fused-ring (bicyclic) bond motifs is 1. The van der Waals surface area contributed by atoms with Crippen molar-refractivity contribution >= 4 is 16.9 Å². The number of carbonyl (C=O) groups is 1. The predicted octanol–water partition coefficient (Wildman–Crippen LogP) is 0.443. The van der Waals surface area contributed by atoms with Crippen molar-refractivity contribution in [2.45, 2.75) is 30.7 Å². The minimum Gasteiger partial charge on any atom is -0.508 e. The fraction of sp³-hybridized carbons (Fsp3) is 0.214. The van der Waals surface area contributed by atoms with Crippen molar-refractivity contribution in [2.24, 2.45) is 0 Å². The topological polar surface area (TPSA) is 277 Å². The van der Waals surface area contributed by atoms with E-state index in [0.29, 0.717) is 0 Å². The Labute approximate surface area is 244 Å². The number of aliphatic hydroxyl groups is 3. The normalized spacial score (nSPS) is 21.7. The second-order valence-electron chi connectivity index (χ2n) is 9.73. The van der Waals surface area contributed by atoms with Crippen LogP contribution in [0.2, 0.25) is 0 Å². The Balaban J connectivity index is 1.48. The molecule has 1 fully saturated rings. The first-order valence-corrected chi connectivity index (χ1v) is 12.6. The van der Waals surface area contributed by atoms with Gasteiger partial charge in [-0.05, 0) is 30.3 Å². The third kappa shape index (κ3) is 5.40. The molecule has 16 heteroatoms. The van der Waals surface area contributed by atoms with Gasteiger partial charge in [0.15, 0.2) is 34.5 Å². The van der Waals surface area contributed by atoms with E-state index in [4.69, 9.17) is 18.6 Å². The van der Waals surface area contributed by atoms with Crippen LogP contribution in [-0.2, 0) is 9.47 Å². The van der Waals surface area contributed by atoms with Crippen molar-refractivity contribution in [3.8, 4) is 57.3 Å². The first kappa shape index (κ1) is 30.1. The van der Waals surface area contributed by atoms with Gasteiger partial charge in [-0.2, -0.15) is 0 Å². The molecule has 16 nitrogen and oxygen atoms in total. The lowest BCUT2D eigenvalue weighted by molar-refractivity contribution is -0.277. The van der Waals surface area contributed by atoms with E-state index >= 15 is 0 Å². The van der Waals surface area contributed by atoms with Crippen LogP contribution in [-0.4, -0.2) is 94.3 Å². The highest BCUT2D eigenvalue weighted by Crippen LogP contribution is 2.40. The molecule has 10 N–H and O–H groups in total. The zero-order chi connectivity index (χ0) is 32.0. The summed E-state index contributed by atoms with van der Waals surface area (Å²) < 4.78 is 21.9. The van der Waals surface area contributed by atoms with Gasteiger partial charge in [0.05, 0.1) is 5.56 Å². The van der Waals surface area contributed by atoms with Crippen molar-refractivity contribution in [3.05, 3.63) is 58.3 Å². The highest BCUT2D eigenvalue weighted by molar-refractivity contribution is 5.91. The van der Waals surface area contributed by atoms with Gasteiger partial charge in [-0.15, -0.1) is 0 Å². The van der Waals surface area contributed by atoms with Crippen LogP contribution in [0.1, 0.15) is 10.4 Å². The van der Waals surface area contributed by atoms with E-state index in [1.165, 1.54) is 6.07 Å². The van der Waals surface area contributed by atoms with Gasteiger partial charge >= 0.3 is 5.97 Å². The first-order chi connectivity index (χ1) is 20.8. The molecule has 0 radical (unpaired) electrons. The number of ether oxygens (including phenoxy) is 3. The van der Waals surface area contributed by atoms with E-state index in [-0.39, 0.29) is 11.1 Å². The molecule has 1 aliphatic rings. The maximum atomic E-state index is 13.5. The molecule has 5 rings (SSSR count). The summed E-state index contributed by atoms with van der Waals surface area (Å²) >= 11 is 0. The van der Waals surface area contributed by atoms with Gasteiger partial charge in [0, 0.05) is 17.7 Å². The van der Waals surface area contributed by atoms with Gasteiger partial charge in [0.25, 0.3) is 0 Å². The first-order valence-electron chi connectivity index (χ1n) is 12.6. The number of esters is 1. The van der Waals surface area contributed by atoms with Crippen LogP contribution in [0.25, 0.3) is 22.3 Å². The minimum absolute atomic E-state index is 0.0612. The van der Waals surface area contributed by atoms with Crippen LogP contribution in [0.3, 0.4) is 0 Å². The summed E-state index contributed by atoms with van der Waals surface area (Å²) in [5, 5.41) is 99.8. The third-order valence-electron chi connectivity index (χ3n) is 6.74. The zero-order valence-electron chi connectivity index (χ0n) is 22.1. The van der Waals surface area contributed by atoms with E-state index in [9.17, 15) is 60.7 Å². The number of phenols is 7. The van der Waals surface area contributed by atoms with Gasteiger partial charge in [-0.25, -0.2) is 4.79 Å². The summed E-state index contributed by atoms with van der Waals surface area (Å²) in [6.07, 6.45) is -9.43. The van der Waals surface area contributed by atoms with Crippen LogP contribution in [0.5, 0.6) is 46.0 Å². The van der Waals surface area contributed by atoms with Crippen molar-refractivity contribution in [1.82, 2.24) is 0 Å². The Kier molecular flexibility index (Phi) is 7.75. The third-order valence-corrected chi connectivity index (χ3v) is 6.74. The molecule has 5 atom stereocenters. The van der Waals surface area contributed by atoms with Crippen LogP contribution in [0.15, 0.2) is 51.7 Å². The van der Waals surface area contributed by atoms with Crippen LogP contribution in [0.4, 0.5) is 0 Å². The quantitative estimate of drug-likeness (QED) is 0.104. The molecular weight excluding hydrogens is 592 g/mol. The lowest BCUT2D eigenvalue weighted by Gasteiger charge is -2.39. The van der Waals surface area contributed by atoms with Gasteiger partial charge in [0.1, 0.15) is 53.5 Å². The Bertz CT molecular complexity index is 1790. The summed E-state index contributed by atoms with van der Waals surface area (Å²) in [5.41, 5.74) is -1.84. The number of aromatic hydroxyl groups is 7. The fourth-order valence-electron chi connectivity index (χ4n) is 4.46. The number of rotatable bonds is 6. The van der Waals surface area contributed by atoms with Crippen LogP contribution >= 0.6 is 0 Å². The molecule has 1 saturated heterocycles. The molecule has 1 aromatic heterocycles. The lowest BCUT2D eigenvalue weighted by atomic mass is 9.99. The standard InChI is InChI=1S/C28H24O16/c29-11-6-14(32)19-17(7-11)42-25(9-1-2-12(30)13(31)3-9)26(22(19)37)44-28-24(39)23(38)21(36)18(43-28)8-41-27(40)10-4-15(33)20(35)16(34)5-10/h1-7,18,21,23-24,28-36,38-39H,8H2/t18-,21+,23-,24+,28+/m0/s1. The fourth-order valence-corrected chi connectivity index (χ4v) is 4.46. The molecule has 1 aliphatic heterocycles. The molecule has 3 aromatic carbocycles. The van der Waals surface area contributed by atoms with Gasteiger partial charge < -0.3 is 69.7 Å². The number of hydrogen-bond donors (Lipinski definition) is 10. The van der Waals surface area contributed by atoms with Crippen molar-refractivity contribution in [1.29, 1.82) is 0 Å². The number of phenolic OH excluding ortho intramolecular Hbond substituents is 7. The lowest BCUT2D eigenvalue weighted by Crippen LogP contribution is -2.60. The van der Waals surface area contributed by atoms with Gasteiger partial charge in [-0.1, -0.05) is 0 Å². The molecule has 0 spiro atoms. The van der Waals surface area contributed by atoms with E-state index in [0.717, 1.165) is 36.4 Å². The molecule has 2 heterocycles. The number of hydrogen-bond acceptors (Lipinski definition) is 16. The summed E-state index contributed by atoms with van der Waals surface area (Å²) in [4.78, 5) is 26.0. The highest BCUT2D eigenvalue weighted by atomic mass is 16.7. The molecule has 0 saturated carbocycles. The van der Waals surface area contributed by atoms with Crippen molar-refractivity contribution < 1.29 is 74.5 Å². The summed E-state index contributed by atoms with van der Waals surface area (Å²) in [6.45, 7) is -0.795. The largest absolute Gasteiger partial charge is 0.508 e. The van der Waals surface area contributed by atoms with Crippen molar-refractivity contribution in [3.63, 3.8) is 0 Å². The molecule has 4 aromatic rings. The molecule has 0 amide bonds. The predicted molar refractivity (Wildman–Crippen MR) is 144 cm³/mol. The number of benzene rings is 3. The number of carbonyl (C=O) groups excluding carboxylic acids is 1. The second-order valence-corrected chi connectivity index (χ2v) is 9.73. The van der Waals surface area contributed by atoms with E-state index < -0.39 is 111 Å². The molecule has 0 unspecified atom stereocenters.